The third-order valence-corrected chi connectivity index (χ3v) is 3.79. The van der Waals surface area contributed by atoms with Crippen molar-refractivity contribution < 1.29 is 9.18 Å². The van der Waals surface area contributed by atoms with Gasteiger partial charge in [0.05, 0.1) is 18.1 Å². The van der Waals surface area contributed by atoms with Crippen LogP contribution in [0.4, 0.5) is 16.0 Å². The van der Waals surface area contributed by atoms with Crippen LogP contribution in [0, 0.1) is 5.82 Å². The summed E-state index contributed by atoms with van der Waals surface area (Å²) in [5, 5.41) is 2.70. The zero-order chi connectivity index (χ0) is 16.2. The molecule has 1 aromatic heterocycles. The number of likely N-dealkylation sites (N-methyl/N-ethyl adjacent to an activating group) is 1. The lowest BCUT2D eigenvalue weighted by Crippen LogP contribution is -2.45. The molecule has 0 spiro atoms. The number of nitrogens with zero attached hydrogens (tertiary/aromatic N) is 4. The van der Waals surface area contributed by atoms with Gasteiger partial charge in [0.1, 0.15) is 5.82 Å². The zero-order valence-electron chi connectivity index (χ0n) is 12.9. The maximum atomic E-state index is 12.9. The van der Waals surface area contributed by atoms with Crippen LogP contribution < -0.4 is 10.2 Å². The van der Waals surface area contributed by atoms with E-state index in [0.29, 0.717) is 17.2 Å². The van der Waals surface area contributed by atoms with Gasteiger partial charge in [-0.15, -0.1) is 0 Å². The number of piperazine rings is 1. The van der Waals surface area contributed by atoms with E-state index >= 15 is 0 Å². The van der Waals surface area contributed by atoms with Gasteiger partial charge in [-0.2, -0.15) is 0 Å². The van der Waals surface area contributed by atoms with E-state index < -0.39 is 0 Å². The van der Waals surface area contributed by atoms with Crippen LogP contribution in [0.25, 0.3) is 0 Å². The molecule has 0 saturated carbocycles. The molecular weight excluding hydrogens is 297 g/mol. The van der Waals surface area contributed by atoms with Gasteiger partial charge in [-0.3, -0.25) is 4.79 Å². The Bertz CT molecular complexity index is 666. The monoisotopic (exact) mass is 315 g/mol. The van der Waals surface area contributed by atoms with Crippen molar-refractivity contribution in [2.75, 3.05) is 43.4 Å². The van der Waals surface area contributed by atoms with E-state index in [1.165, 1.54) is 24.3 Å². The molecule has 0 aliphatic carbocycles. The molecule has 120 valence electrons. The zero-order valence-corrected chi connectivity index (χ0v) is 12.9. The Morgan fingerprint density at radius 1 is 1.09 bits per heavy atom. The second-order valence-corrected chi connectivity index (χ2v) is 5.52. The van der Waals surface area contributed by atoms with Gasteiger partial charge in [0.25, 0.3) is 5.91 Å². The molecule has 2 heterocycles. The summed E-state index contributed by atoms with van der Waals surface area (Å²) in [5.74, 6) is -0.0276. The first kappa shape index (κ1) is 15.4. The summed E-state index contributed by atoms with van der Waals surface area (Å²) in [6.07, 6.45) is 3.17. The van der Waals surface area contributed by atoms with E-state index in [1.807, 2.05) is 0 Å². The van der Waals surface area contributed by atoms with Crippen molar-refractivity contribution in [3.63, 3.8) is 0 Å². The topological polar surface area (TPSA) is 61.4 Å². The highest BCUT2D eigenvalue weighted by molar-refractivity contribution is 6.04. The standard InChI is InChI=1S/C16H18FN5O/c1-21-6-8-22(9-7-21)16-18-10-14(11-19-16)20-15(23)12-2-4-13(17)5-3-12/h2-5,10-11H,6-9H2,1H3,(H,20,23). The third kappa shape index (κ3) is 3.81. The fourth-order valence-electron chi connectivity index (χ4n) is 2.36. The fourth-order valence-corrected chi connectivity index (χ4v) is 2.36. The first-order chi connectivity index (χ1) is 11.1. The Morgan fingerprint density at radius 2 is 1.70 bits per heavy atom. The number of benzene rings is 1. The van der Waals surface area contributed by atoms with Crippen molar-refractivity contribution in [3.8, 4) is 0 Å². The van der Waals surface area contributed by atoms with Gasteiger partial charge in [-0.1, -0.05) is 0 Å². The minimum atomic E-state index is -0.374. The fraction of sp³-hybridized carbons (Fsp3) is 0.312. The van der Waals surface area contributed by atoms with Gasteiger partial charge in [-0.25, -0.2) is 14.4 Å². The predicted octanol–water partition coefficient (Wildman–Crippen LogP) is 1.62. The molecule has 1 aromatic carbocycles. The Labute approximate surface area is 134 Å². The minimum absolute atomic E-state index is 0.319. The van der Waals surface area contributed by atoms with Crippen molar-refractivity contribution in [1.29, 1.82) is 0 Å². The van der Waals surface area contributed by atoms with Crippen LogP contribution in [0.15, 0.2) is 36.7 Å². The first-order valence-corrected chi connectivity index (χ1v) is 7.44. The highest BCUT2D eigenvalue weighted by Gasteiger charge is 2.16. The first-order valence-electron chi connectivity index (χ1n) is 7.44. The summed E-state index contributed by atoms with van der Waals surface area (Å²) in [4.78, 5) is 25.0. The number of hydrogen-bond acceptors (Lipinski definition) is 5. The van der Waals surface area contributed by atoms with Gasteiger partial charge in [-0.05, 0) is 31.3 Å². The Morgan fingerprint density at radius 3 is 2.30 bits per heavy atom. The molecule has 1 saturated heterocycles. The quantitative estimate of drug-likeness (QED) is 0.932. The van der Waals surface area contributed by atoms with Crippen LogP contribution in [-0.2, 0) is 0 Å². The maximum Gasteiger partial charge on any atom is 0.255 e. The third-order valence-electron chi connectivity index (χ3n) is 3.79. The van der Waals surface area contributed by atoms with Gasteiger partial charge in [0.15, 0.2) is 0 Å². The van der Waals surface area contributed by atoms with E-state index in [2.05, 4.69) is 32.1 Å². The number of carbonyl (C=O) groups excluding carboxylic acids is 1. The molecule has 23 heavy (non-hydrogen) atoms. The number of aromatic nitrogens is 2. The van der Waals surface area contributed by atoms with Crippen LogP contribution in [0.5, 0.6) is 0 Å². The second-order valence-electron chi connectivity index (χ2n) is 5.52. The predicted molar refractivity (Wildman–Crippen MR) is 86.1 cm³/mol. The van der Waals surface area contributed by atoms with Crippen molar-refractivity contribution in [1.82, 2.24) is 14.9 Å². The Balaban J connectivity index is 1.63. The maximum absolute atomic E-state index is 12.9. The molecule has 0 atom stereocenters. The van der Waals surface area contributed by atoms with Crippen LogP contribution in [-0.4, -0.2) is 54.0 Å². The Hall–Kier alpha value is -2.54. The lowest BCUT2D eigenvalue weighted by atomic mass is 10.2. The SMILES string of the molecule is CN1CCN(c2ncc(NC(=O)c3ccc(F)cc3)cn2)CC1. The van der Waals surface area contributed by atoms with Gasteiger partial charge < -0.3 is 15.1 Å². The number of anilines is 2. The molecule has 0 bridgehead atoms. The smallest absolute Gasteiger partial charge is 0.255 e. The number of amides is 1. The molecule has 1 aliphatic heterocycles. The molecule has 6 nitrogen and oxygen atoms in total. The summed E-state index contributed by atoms with van der Waals surface area (Å²) in [7, 11) is 2.09. The summed E-state index contributed by atoms with van der Waals surface area (Å²) in [6.45, 7) is 3.73. The van der Waals surface area contributed by atoms with E-state index in [4.69, 9.17) is 0 Å². The highest BCUT2D eigenvalue weighted by atomic mass is 19.1. The molecule has 1 N–H and O–H groups in total. The largest absolute Gasteiger partial charge is 0.338 e. The summed E-state index contributed by atoms with van der Waals surface area (Å²) in [5.41, 5.74) is 0.895. The minimum Gasteiger partial charge on any atom is -0.338 e. The highest BCUT2D eigenvalue weighted by Crippen LogP contribution is 2.13. The molecule has 2 aromatic rings. The van der Waals surface area contributed by atoms with Crippen LogP contribution in [0.3, 0.4) is 0 Å². The molecule has 1 amide bonds. The lowest BCUT2D eigenvalue weighted by molar-refractivity contribution is 0.102. The number of nitrogens with one attached hydrogen (secondary N) is 1. The molecule has 1 fully saturated rings. The molecule has 3 rings (SSSR count). The number of rotatable bonds is 3. The van der Waals surface area contributed by atoms with Crippen molar-refractivity contribution in [2.24, 2.45) is 0 Å². The number of carbonyl (C=O) groups is 1. The molecule has 7 heteroatoms. The molecule has 1 aliphatic rings. The number of halogens is 1. The van der Waals surface area contributed by atoms with Gasteiger partial charge in [0.2, 0.25) is 5.95 Å². The van der Waals surface area contributed by atoms with Crippen LogP contribution in [0.1, 0.15) is 10.4 Å². The van der Waals surface area contributed by atoms with Crippen molar-refractivity contribution >= 4 is 17.5 Å². The van der Waals surface area contributed by atoms with E-state index in [0.717, 1.165) is 26.2 Å². The van der Waals surface area contributed by atoms with Gasteiger partial charge >= 0.3 is 0 Å². The molecular formula is C16H18FN5O. The number of hydrogen-bond donors (Lipinski definition) is 1. The van der Waals surface area contributed by atoms with Crippen LogP contribution >= 0.6 is 0 Å². The van der Waals surface area contributed by atoms with Crippen molar-refractivity contribution in [2.45, 2.75) is 0 Å². The molecule has 0 unspecified atom stereocenters. The second kappa shape index (κ2) is 6.70. The summed E-state index contributed by atoms with van der Waals surface area (Å²) < 4.78 is 12.9. The van der Waals surface area contributed by atoms with Gasteiger partial charge in [0, 0.05) is 31.7 Å². The summed E-state index contributed by atoms with van der Waals surface area (Å²) >= 11 is 0. The average Bonchev–Trinajstić information content (AvgIpc) is 2.57. The normalized spacial score (nSPS) is 15.5. The van der Waals surface area contributed by atoms with E-state index in [1.54, 1.807) is 12.4 Å². The average molecular weight is 315 g/mol. The lowest BCUT2D eigenvalue weighted by Gasteiger charge is -2.32. The summed E-state index contributed by atoms with van der Waals surface area (Å²) in [6, 6.07) is 5.37. The van der Waals surface area contributed by atoms with E-state index in [9.17, 15) is 9.18 Å². The molecule has 0 radical (unpaired) electrons. The van der Waals surface area contributed by atoms with Crippen LogP contribution in [0.2, 0.25) is 0 Å². The van der Waals surface area contributed by atoms with E-state index in [-0.39, 0.29) is 11.7 Å². The van der Waals surface area contributed by atoms with Crippen molar-refractivity contribution in [3.05, 3.63) is 48.0 Å². The Kier molecular flexibility index (Phi) is 4.47.